The number of nitrogens with one attached hydrogen (secondary N) is 2. The van der Waals surface area contributed by atoms with E-state index in [1.807, 2.05) is 20.8 Å². The van der Waals surface area contributed by atoms with Crippen LogP contribution in [-0.4, -0.2) is 53.6 Å². The number of hydrogen-bond donors (Lipinski definition) is 2. The van der Waals surface area contributed by atoms with Crippen molar-refractivity contribution in [2.75, 3.05) is 13.1 Å². The Balaban J connectivity index is 1.71. The minimum Gasteiger partial charge on any atom is -0.426 e. The van der Waals surface area contributed by atoms with E-state index >= 15 is 0 Å². The molecule has 9 heteroatoms. The summed E-state index contributed by atoms with van der Waals surface area (Å²) in [6.07, 6.45) is 1.48. The topological polar surface area (TPSA) is 122 Å². The molecule has 2 fully saturated rings. The molecule has 3 aliphatic heterocycles. The van der Waals surface area contributed by atoms with Crippen LogP contribution in [0.1, 0.15) is 72.7 Å². The maximum Gasteiger partial charge on any atom is 0.314 e. The molecule has 32 heavy (non-hydrogen) atoms. The monoisotopic (exact) mass is 441 g/mol. The Bertz CT molecular complexity index is 1020. The van der Waals surface area contributed by atoms with Crippen molar-refractivity contribution in [3.8, 4) is 5.75 Å². The summed E-state index contributed by atoms with van der Waals surface area (Å²) in [7, 11) is 0. The molecule has 0 spiro atoms. The van der Waals surface area contributed by atoms with Crippen molar-refractivity contribution in [2.45, 2.75) is 57.9 Å². The van der Waals surface area contributed by atoms with Crippen LogP contribution in [0.25, 0.3) is 0 Å². The largest absolute Gasteiger partial charge is 0.426 e. The number of esters is 1. The molecule has 0 saturated carbocycles. The second kappa shape index (κ2) is 8.12. The van der Waals surface area contributed by atoms with Crippen molar-refractivity contribution < 1.29 is 28.7 Å². The van der Waals surface area contributed by atoms with Gasteiger partial charge < -0.3 is 10.1 Å². The third kappa shape index (κ3) is 3.81. The highest BCUT2D eigenvalue weighted by Gasteiger charge is 2.47. The maximum absolute atomic E-state index is 13.4. The van der Waals surface area contributed by atoms with E-state index in [9.17, 15) is 24.0 Å². The second-order valence-electron chi connectivity index (χ2n) is 9.50. The predicted molar refractivity (Wildman–Crippen MR) is 113 cm³/mol. The first-order chi connectivity index (χ1) is 15.1. The quantitative estimate of drug-likeness (QED) is 0.412. The van der Waals surface area contributed by atoms with E-state index in [1.165, 1.54) is 6.07 Å². The van der Waals surface area contributed by atoms with Gasteiger partial charge in [-0.2, -0.15) is 0 Å². The molecule has 4 rings (SSSR count). The maximum atomic E-state index is 13.4. The fourth-order valence-electron chi connectivity index (χ4n) is 4.62. The van der Waals surface area contributed by atoms with E-state index < -0.39 is 35.1 Å². The fourth-order valence-corrected chi connectivity index (χ4v) is 4.62. The minimum absolute atomic E-state index is 0.0506. The molecule has 1 unspecified atom stereocenters. The van der Waals surface area contributed by atoms with Crippen molar-refractivity contribution in [3.63, 3.8) is 0 Å². The molecule has 4 amide bonds. The molecule has 1 aromatic carbocycles. The van der Waals surface area contributed by atoms with Gasteiger partial charge in [-0.05, 0) is 49.9 Å². The summed E-state index contributed by atoms with van der Waals surface area (Å²) in [4.78, 5) is 64.1. The van der Waals surface area contributed by atoms with Crippen LogP contribution in [-0.2, 0) is 19.8 Å². The molecule has 0 bridgehead atoms. The average Bonchev–Trinajstić information content (AvgIpc) is 2.98. The van der Waals surface area contributed by atoms with Crippen LogP contribution in [0.4, 0.5) is 0 Å². The molecule has 3 aliphatic rings. The third-order valence-corrected chi connectivity index (χ3v) is 6.20. The fraction of sp³-hybridized carbons (Fsp3) is 0.522. The van der Waals surface area contributed by atoms with E-state index in [1.54, 1.807) is 6.07 Å². The first kappa shape index (κ1) is 22.1. The zero-order valence-electron chi connectivity index (χ0n) is 18.4. The van der Waals surface area contributed by atoms with E-state index in [4.69, 9.17) is 4.74 Å². The van der Waals surface area contributed by atoms with Gasteiger partial charge in [0.25, 0.3) is 11.8 Å². The van der Waals surface area contributed by atoms with Crippen molar-refractivity contribution >= 4 is 29.6 Å². The van der Waals surface area contributed by atoms with Gasteiger partial charge in [0.15, 0.2) is 0 Å². The Morgan fingerprint density at radius 2 is 1.72 bits per heavy atom. The van der Waals surface area contributed by atoms with Crippen molar-refractivity contribution in [1.82, 2.24) is 15.5 Å². The summed E-state index contributed by atoms with van der Waals surface area (Å²) in [6, 6.07) is 1.98. The van der Waals surface area contributed by atoms with Crippen LogP contribution >= 0.6 is 0 Å². The lowest BCUT2D eigenvalue weighted by atomic mass is 9.81. The number of ether oxygens (including phenoxy) is 1. The standard InChI is InChI=1S/C23H27N3O6/c1-23(2,3)18-15(32-22(31)12-8-10-24-11-9-12)6-4-13-17(18)21(30)26(20(13)29)14-5-7-16(27)25-19(14)28/h4,6,12,14,24H,5,7-11H2,1-3H3,(H,25,27,28). The Morgan fingerprint density at radius 1 is 1.03 bits per heavy atom. The Morgan fingerprint density at radius 3 is 2.34 bits per heavy atom. The second-order valence-corrected chi connectivity index (χ2v) is 9.50. The molecule has 2 N–H and O–H groups in total. The minimum atomic E-state index is -1.05. The van der Waals surface area contributed by atoms with Crippen LogP contribution in [0.3, 0.4) is 0 Å². The Hall–Kier alpha value is -3.07. The number of rotatable bonds is 3. The molecular formula is C23H27N3O6. The molecule has 3 heterocycles. The van der Waals surface area contributed by atoms with Crippen LogP contribution in [0.15, 0.2) is 12.1 Å². The van der Waals surface area contributed by atoms with Gasteiger partial charge in [-0.3, -0.25) is 34.2 Å². The summed E-state index contributed by atoms with van der Waals surface area (Å²) >= 11 is 0. The molecule has 0 aromatic heterocycles. The highest BCUT2D eigenvalue weighted by molar-refractivity contribution is 6.24. The molecule has 0 radical (unpaired) electrons. The van der Waals surface area contributed by atoms with Crippen molar-refractivity contribution in [1.29, 1.82) is 0 Å². The lowest BCUT2D eigenvalue weighted by molar-refractivity contribution is -0.140. The molecule has 170 valence electrons. The smallest absolute Gasteiger partial charge is 0.314 e. The van der Waals surface area contributed by atoms with Crippen LogP contribution < -0.4 is 15.4 Å². The van der Waals surface area contributed by atoms with Gasteiger partial charge in [0.05, 0.1) is 17.0 Å². The van der Waals surface area contributed by atoms with Crippen molar-refractivity contribution in [2.24, 2.45) is 5.92 Å². The van der Waals surface area contributed by atoms with Gasteiger partial charge in [-0.15, -0.1) is 0 Å². The van der Waals surface area contributed by atoms with Gasteiger partial charge in [-0.1, -0.05) is 20.8 Å². The van der Waals surface area contributed by atoms with Gasteiger partial charge >= 0.3 is 5.97 Å². The molecular weight excluding hydrogens is 414 g/mol. The lowest BCUT2D eigenvalue weighted by Gasteiger charge is -2.28. The number of amides is 4. The Labute approximate surface area is 185 Å². The average molecular weight is 441 g/mol. The molecule has 1 aromatic rings. The number of nitrogens with zero attached hydrogens (tertiary/aromatic N) is 1. The van der Waals surface area contributed by atoms with Crippen LogP contribution in [0.2, 0.25) is 0 Å². The van der Waals surface area contributed by atoms with Crippen molar-refractivity contribution in [3.05, 3.63) is 28.8 Å². The first-order valence-electron chi connectivity index (χ1n) is 10.9. The van der Waals surface area contributed by atoms with Gasteiger partial charge in [0.1, 0.15) is 11.8 Å². The van der Waals surface area contributed by atoms with Gasteiger partial charge in [0, 0.05) is 12.0 Å². The summed E-state index contributed by atoms with van der Waals surface area (Å²) in [6.45, 7) is 7.10. The molecule has 9 nitrogen and oxygen atoms in total. The summed E-state index contributed by atoms with van der Waals surface area (Å²) < 4.78 is 5.76. The normalized spacial score (nSPS) is 22.1. The summed E-state index contributed by atoms with van der Waals surface area (Å²) in [5.74, 6) is -2.60. The summed E-state index contributed by atoms with van der Waals surface area (Å²) in [5, 5.41) is 5.40. The van der Waals surface area contributed by atoms with E-state index in [-0.39, 0.29) is 41.6 Å². The molecule has 1 atom stereocenters. The van der Waals surface area contributed by atoms with Crippen LogP contribution in [0, 0.1) is 5.92 Å². The number of imide groups is 2. The number of carbonyl (C=O) groups excluding carboxylic acids is 5. The van der Waals surface area contributed by atoms with Gasteiger partial charge in [0.2, 0.25) is 11.8 Å². The molecule has 0 aliphatic carbocycles. The number of fused-ring (bicyclic) bond motifs is 1. The number of benzene rings is 1. The number of piperidine rings is 2. The first-order valence-corrected chi connectivity index (χ1v) is 10.9. The zero-order chi connectivity index (χ0) is 23.2. The highest BCUT2D eigenvalue weighted by atomic mass is 16.5. The summed E-state index contributed by atoms with van der Waals surface area (Å²) in [5.41, 5.74) is 0.172. The number of carbonyl (C=O) groups is 5. The molecule has 2 saturated heterocycles. The highest BCUT2D eigenvalue weighted by Crippen LogP contribution is 2.41. The predicted octanol–water partition coefficient (Wildman–Crippen LogP) is 1.29. The number of hydrogen-bond acceptors (Lipinski definition) is 7. The van der Waals surface area contributed by atoms with Gasteiger partial charge in [-0.25, -0.2) is 0 Å². The third-order valence-electron chi connectivity index (χ3n) is 6.20. The zero-order valence-corrected chi connectivity index (χ0v) is 18.4. The van der Waals surface area contributed by atoms with Crippen LogP contribution in [0.5, 0.6) is 5.75 Å². The van der Waals surface area contributed by atoms with E-state index in [0.29, 0.717) is 18.4 Å². The van der Waals surface area contributed by atoms with E-state index in [2.05, 4.69) is 10.6 Å². The lowest BCUT2D eigenvalue weighted by Crippen LogP contribution is -2.54. The van der Waals surface area contributed by atoms with E-state index in [0.717, 1.165) is 18.0 Å². The SMILES string of the molecule is CC(C)(C)c1c(OC(=O)C2CCNCC2)ccc2c1C(=O)N(C1CCC(=O)NC1=O)C2=O. The Kier molecular flexibility index (Phi) is 5.62.